The van der Waals surface area contributed by atoms with Crippen molar-refractivity contribution >= 4 is 23.5 Å². The number of nitrogens with zero attached hydrogens (tertiary/aromatic N) is 4. The Hall–Kier alpha value is -3.14. The van der Waals surface area contributed by atoms with Gasteiger partial charge in [0.2, 0.25) is 11.8 Å². The van der Waals surface area contributed by atoms with Gasteiger partial charge in [0, 0.05) is 24.2 Å². The summed E-state index contributed by atoms with van der Waals surface area (Å²) in [7, 11) is 0. The summed E-state index contributed by atoms with van der Waals surface area (Å²) in [6, 6.07) is -0.0717. The Labute approximate surface area is 198 Å². The van der Waals surface area contributed by atoms with E-state index in [1.54, 1.807) is 17.9 Å². The molecule has 2 unspecified atom stereocenters. The molecule has 0 spiro atoms. The first kappa shape index (κ1) is 24.0. The largest absolute Gasteiger partial charge is 0.492 e. The summed E-state index contributed by atoms with van der Waals surface area (Å²) in [5.74, 6) is -1.17. The Balaban J connectivity index is 1.81. The van der Waals surface area contributed by atoms with E-state index in [2.05, 4.69) is 10.4 Å². The summed E-state index contributed by atoms with van der Waals surface area (Å²) in [6.07, 6.45) is 4.82. The summed E-state index contributed by atoms with van der Waals surface area (Å²) < 4.78 is 8.20. The molecule has 0 bridgehead atoms. The maximum atomic E-state index is 13.4. The van der Waals surface area contributed by atoms with Crippen LogP contribution in [0.15, 0.2) is 10.9 Å². The standard InChI is InChI=1S/C24H33N5O5/c1-13(2)10-27-22-18(8-9-19(30)28-14(3)11-34-12-15(28)4)16(5)26-29(22)24(33)20(23(27)32)21(31)25-17-6-7-17/h8-9,13-15,17,33H,6-7,10-12H2,1-5H3,(H,25,31)/b9-8+. The maximum Gasteiger partial charge on any atom is 0.270 e. The average molecular weight is 472 g/mol. The molecule has 2 fully saturated rings. The Morgan fingerprint density at radius 3 is 2.47 bits per heavy atom. The van der Waals surface area contributed by atoms with Gasteiger partial charge in [-0.15, -0.1) is 0 Å². The van der Waals surface area contributed by atoms with Crippen LogP contribution in [0.3, 0.4) is 0 Å². The van der Waals surface area contributed by atoms with Gasteiger partial charge in [0.15, 0.2) is 5.56 Å². The van der Waals surface area contributed by atoms with Crippen molar-refractivity contribution in [3.63, 3.8) is 0 Å². The SMILES string of the molecule is Cc1nn2c(O)c(C(=O)NC3CC3)c(=O)n(CC(C)C)c2c1/C=C/C(=O)N1C(C)COCC1C. The third kappa shape index (κ3) is 4.46. The van der Waals surface area contributed by atoms with Crippen LogP contribution in [0.2, 0.25) is 0 Å². The van der Waals surface area contributed by atoms with Crippen molar-refractivity contribution < 1.29 is 19.4 Å². The molecule has 0 aromatic carbocycles. The number of aromatic hydroxyl groups is 1. The summed E-state index contributed by atoms with van der Waals surface area (Å²) in [6.45, 7) is 10.8. The lowest BCUT2D eigenvalue weighted by molar-refractivity contribution is -0.138. The summed E-state index contributed by atoms with van der Waals surface area (Å²) in [5.41, 5.74) is 0.533. The molecule has 2 atom stereocenters. The number of rotatable bonds is 6. The highest BCUT2D eigenvalue weighted by molar-refractivity contribution is 5.97. The molecule has 3 heterocycles. The molecule has 10 nitrogen and oxygen atoms in total. The zero-order chi connectivity index (χ0) is 24.7. The first-order valence-corrected chi connectivity index (χ1v) is 11.8. The molecular weight excluding hydrogens is 438 g/mol. The number of carbonyl (C=O) groups is 2. The number of amides is 2. The van der Waals surface area contributed by atoms with Gasteiger partial charge < -0.3 is 20.1 Å². The minimum atomic E-state index is -0.597. The van der Waals surface area contributed by atoms with Crippen molar-refractivity contribution in [1.29, 1.82) is 0 Å². The van der Waals surface area contributed by atoms with E-state index in [1.165, 1.54) is 15.2 Å². The van der Waals surface area contributed by atoms with E-state index in [4.69, 9.17) is 4.74 Å². The molecule has 2 aliphatic rings. The topological polar surface area (TPSA) is 118 Å². The van der Waals surface area contributed by atoms with Crippen molar-refractivity contribution in [2.45, 2.75) is 72.1 Å². The van der Waals surface area contributed by atoms with Crippen molar-refractivity contribution in [2.75, 3.05) is 13.2 Å². The molecule has 1 aliphatic heterocycles. The number of fused-ring (bicyclic) bond motifs is 1. The number of aromatic nitrogens is 3. The lowest BCUT2D eigenvalue weighted by Gasteiger charge is -2.38. The highest BCUT2D eigenvalue weighted by Gasteiger charge is 2.31. The summed E-state index contributed by atoms with van der Waals surface area (Å²) >= 11 is 0. The molecule has 2 amide bonds. The second-order valence-corrected chi connectivity index (χ2v) is 9.80. The van der Waals surface area contributed by atoms with Crippen molar-refractivity contribution in [2.24, 2.45) is 5.92 Å². The van der Waals surface area contributed by atoms with Crippen LogP contribution in [-0.2, 0) is 16.1 Å². The molecule has 10 heteroatoms. The van der Waals surface area contributed by atoms with Crippen LogP contribution in [0, 0.1) is 12.8 Å². The predicted octanol–water partition coefficient (Wildman–Crippen LogP) is 1.71. The number of hydrogen-bond acceptors (Lipinski definition) is 6. The fraction of sp³-hybridized carbons (Fsp3) is 0.583. The van der Waals surface area contributed by atoms with Crippen LogP contribution in [0.25, 0.3) is 11.7 Å². The Morgan fingerprint density at radius 1 is 1.24 bits per heavy atom. The van der Waals surface area contributed by atoms with Gasteiger partial charge >= 0.3 is 0 Å². The lowest BCUT2D eigenvalue weighted by Crippen LogP contribution is -2.51. The van der Waals surface area contributed by atoms with E-state index in [-0.39, 0.29) is 35.5 Å². The van der Waals surface area contributed by atoms with Crippen molar-refractivity contribution in [3.8, 4) is 5.88 Å². The van der Waals surface area contributed by atoms with Crippen LogP contribution in [0.5, 0.6) is 5.88 Å². The monoisotopic (exact) mass is 471 g/mol. The zero-order valence-electron chi connectivity index (χ0n) is 20.4. The number of ether oxygens (including phenoxy) is 1. The van der Waals surface area contributed by atoms with Crippen molar-refractivity contribution in [1.82, 2.24) is 24.4 Å². The zero-order valence-corrected chi connectivity index (χ0v) is 20.4. The van der Waals surface area contributed by atoms with E-state index >= 15 is 0 Å². The Morgan fingerprint density at radius 2 is 1.88 bits per heavy atom. The minimum absolute atomic E-state index is 0.0365. The van der Waals surface area contributed by atoms with Gasteiger partial charge in [-0.25, -0.2) is 0 Å². The van der Waals surface area contributed by atoms with Gasteiger partial charge in [0.1, 0.15) is 5.65 Å². The number of aryl methyl sites for hydroxylation is 1. The first-order valence-electron chi connectivity index (χ1n) is 11.8. The molecule has 2 N–H and O–H groups in total. The number of nitrogens with one attached hydrogen (secondary N) is 1. The average Bonchev–Trinajstić information content (AvgIpc) is 3.50. The molecule has 1 saturated heterocycles. The Bertz CT molecular complexity index is 1200. The molecule has 4 rings (SSSR count). The first-order chi connectivity index (χ1) is 16.1. The second kappa shape index (κ2) is 9.25. The van der Waals surface area contributed by atoms with Crippen LogP contribution in [0.4, 0.5) is 0 Å². The van der Waals surface area contributed by atoms with E-state index < -0.39 is 17.3 Å². The number of carbonyl (C=O) groups excluding carboxylic acids is 2. The van der Waals surface area contributed by atoms with E-state index in [1.807, 2.05) is 27.7 Å². The third-order valence-corrected chi connectivity index (χ3v) is 6.22. The van der Waals surface area contributed by atoms with Gasteiger partial charge in [-0.1, -0.05) is 13.8 Å². The molecule has 184 valence electrons. The second-order valence-electron chi connectivity index (χ2n) is 9.80. The molecule has 2 aromatic rings. The Kier molecular flexibility index (Phi) is 6.53. The highest BCUT2D eigenvalue weighted by Crippen LogP contribution is 2.25. The smallest absolute Gasteiger partial charge is 0.270 e. The quantitative estimate of drug-likeness (QED) is 0.620. The van der Waals surface area contributed by atoms with Gasteiger partial charge in [-0.05, 0) is 45.6 Å². The highest BCUT2D eigenvalue weighted by atomic mass is 16.5. The van der Waals surface area contributed by atoms with Crippen molar-refractivity contribution in [3.05, 3.63) is 33.3 Å². The predicted molar refractivity (Wildman–Crippen MR) is 127 cm³/mol. The fourth-order valence-corrected chi connectivity index (χ4v) is 4.46. The van der Waals surface area contributed by atoms with E-state index in [9.17, 15) is 19.5 Å². The normalized spacial score (nSPS) is 21.1. The lowest BCUT2D eigenvalue weighted by atomic mass is 10.1. The summed E-state index contributed by atoms with van der Waals surface area (Å²) in [4.78, 5) is 40.9. The van der Waals surface area contributed by atoms with Gasteiger partial charge in [0.25, 0.3) is 11.5 Å². The maximum absolute atomic E-state index is 13.4. The molecule has 0 radical (unpaired) electrons. The van der Waals surface area contributed by atoms with Crippen LogP contribution >= 0.6 is 0 Å². The number of hydrogen-bond donors (Lipinski definition) is 2. The molecule has 34 heavy (non-hydrogen) atoms. The van der Waals surface area contributed by atoms with Crippen LogP contribution in [-0.4, -0.2) is 67.3 Å². The molecule has 2 aromatic heterocycles. The van der Waals surface area contributed by atoms with Gasteiger partial charge in [-0.3, -0.25) is 19.0 Å². The minimum Gasteiger partial charge on any atom is -0.492 e. The fourth-order valence-electron chi connectivity index (χ4n) is 4.46. The molecule has 1 aliphatic carbocycles. The van der Waals surface area contributed by atoms with E-state index in [0.29, 0.717) is 36.7 Å². The third-order valence-electron chi connectivity index (χ3n) is 6.22. The molecular formula is C24H33N5O5. The van der Waals surface area contributed by atoms with Gasteiger partial charge in [-0.2, -0.15) is 9.61 Å². The summed E-state index contributed by atoms with van der Waals surface area (Å²) in [5, 5.41) is 18.1. The van der Waals surface area contributed by atoms with E-state index in [0.717, 1.165) is 12.8 Å². The van der Waals surface area contributed by atoms with Gasteiger partial charge in [0.05, 0.1) is 31.0 Å². The van der Waals surface area contributed by atoms with Crippen LogP contribution < -0.4 is 10.9 Å². The molecule has 1 saturated carbocycles. The van der Waals surface area contributed by atoms with Crippen LogP contribution in [0.1, 0.15) is 62.2 Å². The number of morpholine rings is 1.